The molecule has 6 nitrogen and oxygen atoms in total. The monoisotopic (exact) mass is 565 g/mol. The number of halogens is 2. The molecule has 3 rings (SSSR count). The van der Waals surface area contributed by atoms with E-state index in [0.29, 0.717) is 32.8 Å². The molecule has 0 aromatic heterocycles. The average molecular weight is 567 g/mol. The Balaban J connectivity index is 1.84. The second kappa shape index (κ2) is 11.3. The number of hydrogen-bond acceptors (Lipinski definition) is 5. The van der Waals surface area contributed by atoms with Crippen molar-refractivity contribution in [3.63, 3.8) is 0 Å². The number of anilines is 1. The summed E-state index contributed by atoms with van der Waals surface area (Å²) in [5.74, 6) is 0.338. The fourth-order valence-corrected chi connectivity index (χ4v) is 3.75. The van der Waals surface area contributed by atoms with Crippen molar-refractivity contribution in [2.24, 2.45) is 0 Å². The highest BCUT2D eigenvalue weighted by Gasteiger charge is 2.14. The van der Waals surface area contributed by atoms with Crippen LogP contribution in [0.15, 0.2) is 75.2 Å². The molecule has 164 valence electrons. The summed E-state index contributed by atoms with van der Waals surface area (Å²) in [5.41, 5.74) is 2.34. The summed E-state index contributed by atoms with van der Waals surface area (Å²) < 4.78 is 12.7. The van der Waals surface area contributed by atoms with Crippen molar-refractivity contribution in [2.75, 3.05) is 12.4 Å². The maximum atomic E-state index is 12.6. The highest BCUT2D eigenvalue weighted by molar-refractivity contribution is 9.10. The molecule has 0 bridgehead atoms. The Hall–Kier alpha value is -3.59. The summed E-state index contributed by atoms with van der Waals surface area (Å²) in [6.07, 6.45) is 1.47. The van der Waals surface area contributed by atoms with Crippen LogP contribution in [-0.4, -0.2) is 13.0 Å². The lowest BCUT2D eigenvalue weighted by Crippen LogP contribution is -2.13. The van der Waals surface area contributed by atoms with E-state index in [2.05, 4.69) is 43.2 Å². The minimum absolute atomic E-state index is 0.0747. The molecule has 0 saturated heterocycles. The second-order valence-corrected chi connectivity index (χ2v) is 8.49. The number of rotatable bonds is 7. The number of carbonyl (C=O) groups is 1. The minimum Gasteiger partial charge on any atom is -0.493 e. The third kappa shape index (κ3) is 6.23. The quantitative estimate of drug-likeness (QED) is 0.271. The van der Waals surface area contributed by atoms with Gasteiger partial charge in [-0.15, -0.1) is 0 Å². The van der Waals surface area contributed by atoms with Gasteiger partial charge >= 0.3 is 0 Å². The van der Waals surface area contributed by atoms with Gasteiger partial charge in [0, 0.05) is 20.2 Å². The predicted molar refractivity (Wildman–Crippen MR) is 133 cm³/mol. The summed E-state index contributed by atoms with van der Waals surface area (Å²) in [4.78, 5) is 12.6. The number of ether oxygens (including phenoxy) is 2. The standard InChI is InChI=1S/C25H17Br2N3O3/c1-32-23-10-18(9-19(14-29)25(31)30-21-8-4-7-20(26)11-21)22(27)12-24(23)33-15-17-6-3-2-5-16(17)13-28/h2-12H,15H2,1H3,(H,30,31)/b19-9-. The predicted octanol–water partition coefficient (Wildman–Crippen LogP) is 6.22. The fourth-order valence-electron chi connectivity index (χ4n) is 2.91. The first-order chi connectivity index (χ1) is 15.9. The summed E-state index contributed by atoms with van der Waals surface area (Å²) in [6, 6.07) is 21.7. The number of carbonyl (C=O) groups excluding carboxylic acids is 1. The van der Waals surface area contributed by atoms with Crippen molar-refractivity contribution in [3.05, 3.63) is 91.9 Å². The molecule has 0 aliphatic rings. The smallest absolute Gasteiger partial charge is 0.266 e. The molecule has 0 spiro atoms. The molecule has 3 aromatic rings. The van der Waals surface area contributed by atoms with Gasteiger partial charge in [0.1, 0.15) is 18.2 Å². The molecule has 0 aliphatic heterocycles. The molecule has 0 fully saturated rings. The average Bonchev–Trinajstić information content (AvgIpc) is 2.82. The van der Waals surface area contributed by atoms with Crippen molar-refractivity contribution in [3.8, 4) is 23.6 Å². The Labute approximate surface area is 208 Å². The van der Waals surface area contributed by atoms with E-state index in [9.17, 15) is 15.3 Å². The first-order valence-corrected chi connectivity index (χ1v) is 11.2. The normalized spacial score (nSPS) is 10.6. The van der Waals surface area contributed by atoms with Gasteiger partial charge < -0.3 is 14.8 Å². The molecule has 0 unspecified atom stereocenters. The third-order valence-corrected chi connectivity index (χ3v) is 5.73. The van der Waals surface area contributed by atoms with Gasteiger partial charge in [-0.05, 0) is 48.0 Å². The molecule has 0 saturated carbocycles. The van der Waals surface area contributed by atoms with Crippen LogP contribution in [0.5, 0.6) is 11.5 Å². The van der Waals surface area contributed by atoms with Gasteiger partial charge in [0.05, 0.1) is 18.7 Å². The number of nitrogens with one attached hydrogen (secondary N) is 1. The van der Waals surface area contributed by atoms with Crippen LogP contribution in [0.3, 0.4) is 0 Å². The lowest BCUT2D eigenvalue weighted by molar-refractivity contribution is -0.112. The number of nitrogens with zero attached hydrogens (tertiary/aromatic N) is 2. The number of nitriles is 2. The maximum absolute atomic E-state index is 12.6. The van der Waals surface area contributed by atoms with Gasteiger partial charge in [0.2, 0.25) is 0 Å². The van der Waals surface area contributed by atoms with Crippen LogP contribution in [0.25, 0.3) is 6.08 Å². The molecule has 8 heteroatoms. The Morgan fingerprint density at radius 1 is 1.06 bits per heavy atom. The van der Waals surface area contributed by atoms with E-state index >= 15 is 0 Å². The lowest BCUT2D eigenvalue weighted by atomic mass is 10.1. The largest absolute Gasteiger partial charge is 0.493 e. The zero-order valence-electron chi connectivity index (χ0n) is 17.4. The Morgan fingerprint density at radius 2 is 1.85 bits per heavy atom. The summed E-state index contributed by atoms with van der Waals surface area (Å²) in [7, 11) is 1.50. The van der Waals surface area contributed by atoms with Crippen LogP contribution in [0.1, 0.15) is 16.7 Å². The lowest BCUT2D eigenvalue weighted by Gasteiger charge is -2.13. The van der Waals surface area contributed by atoms with E-state index in [-0.39, 0.29) is 12.2 Å². The zero-order chi connectivity index (χ0) is 23.8. The van der Waals surface area contributed by atoms with Crippen molar-refractivity contribution in [1.82, 2.24) is 0 Å². The number of hydrogen-bond donors (Lipinski definition) is 1. The molecular formula is C25H17Br2N3O3. The molecular weight excluding hydrogens is 550 g/mol. The van der Waals surface area contributed by atoms with Gasteiger partial charge in [-0.2, -0.15) is 10.5 Å². The SMILES string of the molecule is COc1cc(/C=C(/C#N)C(=O)Nc2cccc(Br)c2)c(Br)cc1OCc1ccccc1C#N. The van der Waals surface area contributed by atoms with Crippen molar-refractivity contribution in [1.29, 1.82) is 10.5 Å². The maximum Gasteiger partial charge on any atom is 0.266 e. The molecule has 1 amide bonds. The van der Waals surface area contributed by atoms with Crippen LogP contribution < -0.4 is 14.8 Å². The molecule has 33 heavy (non-hydrogen) atoms. The van der Waals surface area contributed by atoms with E-state index in [1.807, 2.05) is 24.3 Å². The van der Waals surface area contributed by atoms with Crippen molar-refractivity contribution >= 4 is 49.5 Å². The molecule has 1 N–H and O–H groups in total. The summed E-state index contributed by atoms with van der Waals surface area (Å²) in [5, 5.41) is 21.5. The van der Waals surface area contributed by atoms with Gasteiger partial charge in [0.25, 0.3) is 5.91 Å². The Bertz CT molecular complexity index is 1310. The minimum atomic E-state index is -0.532. The van der Waals surface area contributed by atoms with Gasteiger partial charge in [0.15, 0.2) is 11.5 Å². The highest BCUT2D eigenvalue weighted by atomic mass is 79.9. The number of methoxy groups -OCH3 is 1. The molecule has 0 heterocycles. The van der Waals surface area contributed by atoms with E-state index < -0.39 is 5.91 Å². The molecule has 3 aromatic carbocycles. The second-order valence-electron chi connectivity index (χ2n) is 6.72. The topological polar surface area (TPSA) is 95.1 Å². The van der Waals surface area contributed by atoms with E-state index in [1.54, 1.807) is 42.5 Å². The molecule has 0 aliphatic carbocycles. The number of benzene rings is 3. The third-order valence-electron chi connectivity index (χ3n) is 4.55. The summed E-state index contributed by atoms with van der Waals surface area (Å²) in [6.45, 7) is 0.181. The van der Waals surface area contributed by atoms with Crippen LogP contribution in [0.4, 0.5) is 5.69 Å². The molecule has 0 radical (unpaired) electrons. The van der Waals surface area contributed by atoms with Gasteiger partial charge in [-0.3, -0.25) is 4.79 Å². The van der Waals surface area contributed by atoms with Crippen LogP contribution in [0.2, 0.25) is 0 Å². The zero-order valence-corrected chi connectivity index (χ0v) is 20.6. The van der Waals surface area contributed by atoms with E-state index in [0.717, 1.165) is 10.0 Å². The first kappa shape index (κ1) is 24.1. The Morgan fingerprint density at radius 3 is 2.55 bits per heavy atom. The highest BCUT2D eigenvalue weighted by Crippen LogP contribution is 2.35. The van der Waals surface area contributed by atoms with Crippen molar-refractivity contribution in [2.45, 2.75) is 6.61 Å². The van der Waals surface area contributed by atoms with Crippen LogP contribution in [-0.2, 0) is 11.4 Å². The molecule has 0 atom stereocenters. The first-order valence-electron chi connectivity index (χ1n) is 9.62. The van der Waals surface area contributed by atoms with Crippen LogP contribution >= 0.6 is 31.9 Å². The Kier molecular flexibility index (Phi) is 8.26. The summed E-state index contributed by atoms with van der Waals surface area (Å²) >= 11 is 6.82. The van der Waals surface area contributed by atoms with Gasteiger partial charge in [-0.25, -0.2) is 0 Å². The van der Waals surface area contributed by atoms with Gasteiger partial charge in [-0.1, -0.05) is 56.1 Å². The number of amides is 1. The van der Waals surface area contributed by atoms with E-state index in [4.69, 9.17) is 9.47 Å². The van der Waals surface area contributed by atoms with E-state index in [1.165, 1.54) is 13.2 Å². The van der Waals surface area contributed by atoms with Crippen LogP contribution in [0, 0.1) is 22.7 Å². The van der Waals surface area contributed by atoms with Crippen molar-refractivity contribution < 1.29 is 14.3 Å². The fraction of sp³-hybridized carbons (Fsp3) is 0.0800.